The van der Waals surface area contributed by atoms with Crippen molar-refractivity contribution in [2.75, 3.05) is 13.6 Å². The third-order valence-electron chi connectivity index (χ3n) is 3.54. The molecule has 0 aliphatic carbocycles. The fourth-order valence-corrected chi connectivity index (χ4v) is 2.76. The third-order valence-corrected chi connectivity index (χ3v) is 4.14. The van der Waals surface area contributed by atoms with Crippen LogP contribution in [0, 0.1) is 0 Å². The summed E-state index contributed by atoms with van der Waals surface area (Å²) in [6.45, 7) is 2.87. The SMILES string of the molecule is CC(NC(=O)CN(C)Cc1ccccc1Cl)c1cccc(Cl)c1. The molecule has 5 heteroatoms. The number of benzene rings is 2. The Morgan fingerprint density at radius 3 is 2.61 bits per heavy atom. The molecule has 0 aromatic heterocycles. The van der Waals surface area contributed by atoms with Gasteiger partial charge in [-0.05, 0) is 43.3 Å². The molecular formula is C18H20Cl2N2O. The Bertz CT molecular complexity index is 676. The number of hydrogen-bond donors (Lipinski definition) is 1. The number of rotatable bonds is 6. The first-order valence-corrected chi connectivity index (χ1v) is 8.18. The van der Waals surface area contributed by atoms with Crippen molar-refractivity contribution in [1.29, 1.82) is 0 Å². The molecule has 1 unspecified atom stereocenters. The van der Waals surface area contributed by atoms with Crippen molar-refractivity contribution in [3.8, 4) is 0 Å². The van der Waals surface area contributed by atoms with Crippen LogP contribution >= 0.6 is 23.2 Å². The number of halogens is 2. The van der Waals surface area contributed by atoms with Crippen molar-refractivity contribution in [3.05, 3.63) is 69.7 Å². The van der Waals surface area contributed by atoms with Gasteiger partial charge in [0.25, 0.3) is 0 Å². The maximum absolute atomic E-state index is 12.2. The molecule has 2 rings (SSSR count). The molecule has 0 spiro atoms. The number of likely N-dealkylation sites (N-methyl/N-ethyl adjacent to an activating group) is 1. The Morgan fingerprint density at radius 2 is 1.91 bits per heavy atom. The van der Waals surface area contributed by atoms with Gasteiger partial charge < -0.3 is 5.32 Å². The van der Waals surface area contributed by atoms with Crippen molar-refractivity contribution in [2.24, 2.45) is 0 Å². The first-order chi connectivity index (χ1) is 11.0. The van der Waals surface area contributed by atoms with E-state index in [1.54, 1.807) is 0 Å². The van der Waals surface area contributed by atoms with Gasteiger partial charge in [0.15, 0.2) is 0 Å². The van der Waals surface area contributed by atoms with E-state index in [0.717, 1.165) is 11.1 Å². The standard InChI is InChI=1S/C18H20Cl2N2O/c1-13(14-7-5-8-16(19)10-14)21-18(23)12-22(2)11-15-6-3-4-9-17(15)20/h3-10,13H,11-12H2,1-2H3,(H,21,23). The number of nitrogens with zero attached hydrogens (tertiary/aromatic N) is 1. The molecule has 0 aliphatic heterocycles. The molecule has 0 radical (unpaired) electrons. The molecule has 0 saturated heterocycles. The molecule has 0 bridgehead atoms. The Morgan fingerprint density at radius 1 is 1.17 bits per heavy atom. The zero-order valence-corrected chi connectivity index (χ0v) is 14.7. The second-order valence-electron chi connectivity index (χ2n) is 5.61. The van der Waals surface area contributed by atoms with Gasteiger partial charge in [-0.3, -0.25) is 9.69 Å². The summed E-state index contributed by atoms with van der Waals surface area (Å²) in [4.78, 5) is 14.1. The molecule has 1 atom stereocenters. The first-order valence-electron chi connectivity index (χ1n) is 7.42. The molecule has 0 fully saturated rings. The van der Waals surface area contributed by atoms with E-state index < -0.39 is 0 Å². The monoisotopic (exact) mass is 350 g/mol. The zero-order valence-electron chi connectivity index (χ0n) is 13.2. The Labute approximate surface area is 147 Å². The van der Waals surface area contributed by atoms with Gasteiger partial charge in [-0.2, -0.15) is 0 Å². The van der Waals surface area contributed by atoms with Gasteiger partial charge in [0.05, 0.1) is 12.6 Å². The van der Waals surface area contributed by atoms with Crippen LogP contribution in [0.4, 0.5) is 0 Å². The highest BCUT2D eigenvalue weighted by Crippen LogP contribution is 2.18. The minimum atomic E-state index is -0.0880. The van der Waals surface area contributed by atoms with E-state index >= 15 is 0 Å². The van der Waals surface area contributed by atoms with E-state index in [1.807, 2.05) is 67.4 Å². The maximum atomic E-state index is 12.2. The lowest BCUT2D eigenvalue weighted by molar-refractivity contribution is -0.122. The van der Waals surface area contributed by atoms with Crippen LogP contribution in [0.15, 0.2) is 48.5 Å². The maximum Gasteiger partial charge on any atom is 0.234 e. The fourth-order valence-electron chi connectivity index (χ4n) is 2.36. The van der Waals surface area contributed by atoms with E-state index in [2.05, 4.69) is 5.32 Å². The van der Waals surface area contributed by atoms with E-state index in [1.165, 1.54) is 0 Å². The molecule has 2 aromatic rings. The normalized spacial score (nSPS) is 12.2. The second-order valence-corrected chi connectivity index (χ2v) is 6.45. The number of amides is 1. The molecule has 23 heavy (non-hydrogen) atoms. The van der Waals surface area contributed by atoms with E-state index in [-0.39, 0.29) is 11.9 Å². The quantitative estimate of drug-likeness (QED) is 0.842. The smallest absolute Gasteiger partial charge is 0.234 e. The summed E-state index contributed by atoms with van der Waals surface area (Å²) in [6, 6.07) is 15.1. The lowest BCUT2D eigenvalue weighted by Crippen LogP contribution is -2.36. The number of hydrogen-bond acceptors (Lipinski definition) is 2. The summed E-state index contributed by atoms with van der Waals surface area (Å²) in [6.07, 6.45) is 0. The van der Waals surface area contributed by atoms with Gasteiger partial charge in [0.1, 0.15) is 0 Å². The number of carbonyl (C=O) groups excluding carboxylic acids is 1. The summed E-state index contributed by atoms with van der Waals surface area (Å²) >= 11 is 12.1. The molecule has 3 nitrogen and oxygen atoms in total. The van der Waals surface area contributed by atoms with E-state index in [4.69, 9.17) is 23.2 Å². The molecule has 0 saturated carbocycles. The largest absolute Gasteiger partial charge is 0.348 e. The van der Waals surface area contributed by atoms with Crippen LogP contribution in [-0.4, -0.2) is 24.4 Å². The average molecular weight is 351 g/mol. The van der Waals surface area contributed by atoms with Crippen LogP contribution in [0.25, 0.3) is 0 Å². The molecule has 2 aromatic carbocycles. The number of nitrogens with one attached hydrogen (secondary N) is 1. The number of carbonyl (C=O) groups is 1. The van der Waals surface area contributed by atoms with Crippen molar-refractivity contribution >= 4 is 29.1 Å². The lowest BCUT2D eigenvalue weighted by atomic mass is 10.1. The van der Waals surface area contributed by atoms with E-state index in [9.17, 15) is 4.79 Å². The van der Waals surface area contributed by atoms with E-state index in [0.29, 0.717) is 23.1 Å². The van der Waals surface area contributed by atoms with Crippen LogP contribution < -0.4 is 5.32 Å². The minimum absolute atomic E-state index is 0.0352. The Hall–Kier alpha value is -1.55. The van der Waals surface area contributed by atoms with Crippen molar-refractivity contribution < 1.29 is 4.79 Å². The zero-order chi connectivity index (χ0) is 16.8. The summed E-state index contributed by atoms with van der Waals surface area (Å²) in [7, 11) is 1.90. The fraction of sp³-hybridized carbons (Fsp3) is 0.278. The highest BCUT2D eigenvalue weighted by Gasteiger charge is 2.12. The molecule has 0 heterocycles. The van der Waals surface area contributed by atoms with Gasteiger partial charge >= 0.3 is 0 Å². The van der Waals surface area contributed by atoms with Crippen molar-refractivity contribution in [3.63, 3.8) is 0 Å². The summed E-state index contributed by atoms with van der Waals surface area (Å²) in [5, 5.41) is 4.36. The van der Waals surface area contributed by atoms with Gasteiger partial charge in [0.2, 0.25) is 5.91 Å². The molecule has 122 valence electrons. The minimum Gasteiger partial charge on any atom is -0.348 e. The predicted molar refractivity (Wildman–Crippen MR) is 95.8 cm³/mol. The van der Waals surface area contributed by atoms with Crippen LogP contribution in [0.1, 0.15) is 24.1 Å². The first kappa shape index (κ1) is 17.8. The highest BCUT2D eigenvalue weighted by molar-refractivity contribution is 6.31. The van der Waals surface area contributed by atoms with Gasteiger partial charge in [-0.1, -0.05) is 53.5 Å². The van der Waals surface area contributed by atoms with Crippen LogP contribution in [0.2, 0.25) is 10.0 Å². The third kappa shape index (κ3) is 5.54. The van der Waals surface area contributed by atoms with Gasteiger partial charge in [-0.15, -0.1) is 0 Å². The highest BCUT2D eigenvalue weighted by atomic mass is 35.5. The Balaban J connectivity index is 1.88. The lowest BCUT2D eigenvalue weighted by Gasteiger charge is -2.20. The summed E-state index contributed by atoms with van der Waals surface area (Å²) < 4.78 is 0. The average Bonchev–Trinajstić information content (AvgIpc) is 2.49. The molecule has 1 N–H and O–H groups in total. The molecule has 0 aliphatic rings. The van der Waals surface area contributed by atoms with Crippen LogP contribution in [-0.2, 0) is 11.3 Å². The van der Waals surface area contributed by atoms with Crippen LogP contribution in [0.5, 0.6) is 0 Å². The van der Waals surface area contributed by atoms with Gasteiger partial charge in [0, 0.05) is 16.6 Å². The molecule has 1 amide bonds. The summed E-state index contributed by atoms with van der Waals surface area (Å²) in [5.41, 5.74) is 1.99. The van der Waals surface area contributed by atoms with Crippen molar-refractivity contribution in [2.45, 2.75) is 19.5 Å². The van der Waals surface area contributed by atoms with Gasteiger partial charge in [-0.25, -0.2) is 0 Å². The van der Waals surface area contributed by atoms with Crippen molar-refractivity contribution in [1.82, 2.24) is 10.2 Å². The Kier molecular flexibility index (Phi) is 6.46. The summed E-state index contributed by atoms with van der Waals surface area (Å²) in [5.74, 6) is -0.0352. The predicted octanol–water partition coefficient (Wildman–Crippen LogP) is 4.30. The second kappa shape index (κ2) is 8.34. The van der Waals surface area contributed by atoms with Crippen LogP contribution in [0.3, 0.4) is 0 Å². The molecular weight excluding hydrogens is 331 g/mol. The topological polar surface area (TPSA) is 32.3 Å².